The third-order valence-corrected chi connectivity index (χ3v) is 4.96. The van der Waals surface area contributed by atoms with Gasteiger partial charge in [-0.2, -0.15) is 43.9 Å². The van der Waals surface area contributed by atoms with Gasteiger partial charge in [0.2, 0.25) is 0 Å². The van der Waals surface area contributed by atoms with Gasteiger partial charge >= 0.3 is 24.2 Å². The minimum Gasteiger partial charge on any atom is -0.457 e. The second kappa shape index (κ2) is 10.6. The lowest BCUT2D eigenvalue weighted by Crippen LogP contribution is -2.50. The zero-order chi connectivity index (χ0) is 28.4. The van der Waals surface area contributed by atoms with Crippen molar-refractivity contribution in [3.63, 3.8) is 0 Å². The molecule has 1 atom stereocenters. The highest BCUT2D eigenvalue weighted by atomic mass is 19.4. The van der Waals surface area contributed by atoms with Crippen LogP contribution in [0.1, 0.15) is 5.56 Å². The fourth-order valence-electron chi connectivity index (χ4n) is 3.02. The molecular formula is C24H17F10NO3. The van der Waals surface area contributed by atoms with Crippen LogP contribution in [0.3, 0.4) is 0 Å². The first kappa shape index (κ1) is 28.9. The molecular weight excluding hydrogens is 540 g/mol. The molecule has 0 unspecified atom stereocenters. The molecule has 206 valence electrons. The maximum absolute atomic E-state index is 14.2. The summed E-state index contributed by atoms with van der Waals surface area (Å²) < 4.78 is 138. The van der Waals surface area contributed by atoms with Crippen LogP contribution in [-0.2, 0) is 5.92 Å². The van der Waals surface area contributed by atoms with Crippen LogP contribution in [0.25, 0.3) is 0 Å². The Balaban J connectivity index is 1.96. The lowest BCUT2D eigenvalue weighted by atomic mass is 10.0. The first-order valence-corrected chi connectivity index (χ1v) is 10.5. The van der Waals surface area contributed by atoms with Crippen LogP contribution in [0.4, 0.5) is 49.6 Å². The van der Waals surface area contributed by atoms with E-state index in [9.17, 15) is 49.0 Å². The van der Waals surface area contributed by atoms with Gasteiger partial charge in [-0.05, 0) is 36.4 Å². The van der Waals surface area contributed by atoms with Crippen LogP contribution in [0.5, 0.6) is 17.2 Å². The summed E-state index contributed by atoms with van der Waals surface area (Å²) in [5.41, 5.74) is -2.02. The number of alkyl halides is 10. The summed E-state index contributed by atoms with van der Waals surface area (Å²) in [5, 5.41) is 9.96. The molecule has 4 nitrogen and oxygen atoms in total. The van der Waals surface area contributed by atoms with E-state index in [0.29, 0.717) is 16.9 Å². The summed E-state index contributed by atoms with van der Waals surface area (Å²) in [7, 11) is 0. The number of benzene rings is 3. The Labute approximate surface area is 208 Å². The Morgan fingerprint density at radius 1 is 0.684 bits per heavy atom. The van der Waals surface area contributed by atoms with E-state index >= 15 is 0 Å². The number of para-hydroxylation sites is 1. The fourth-order valence-corrected chi connectivity index (χ4v) is 3.02. The second-order valence-corrected chi connectivity index (χ2v) is 7.80. The molecule has 38 heavy (non-hydrogen) atoms. The molecule has 0 aromatic heterocycles. The molecule has 14 heteroatoms. The molecule has 0 bridgehead atoms. The normalized spacial score (nSPS) is 13.7. The Kier molecular flexibility index (Phi) is 8.05. The Morgan fingerprint density at radius 3 is 1.87 bits per heavy atom. The summed E-state index contributed by atoms with van der Waals surface area (Å²) >= 11 is 0. The third-order valence-electron chi connectivity index (χ3n) is 4.96. The Hall–Kier alpha value is -3.68. The van der Waals surface area contributed by atoms with E-state index in [0.717, 1.165) is 12.1 Å². The highest BCUT2D eigenvalue weighted by molar-refractivity contribution is 5.51. The van der Waals surface area contributed by atoms with Crippen molar-refractivity contribution in [3.8, 4) is 17.2 Å². The van der Waals surface area contributed by atoms with E-state index in [1.54, 1.807) is 30.3 Å². The SMILES string of the molecule is O[C@H](CN(Oc1cccc(C(F)(F)C(F)(F)C(F)(F)F)c1)c1cccc(Oc2ccccc2)c1)C(F)(F)F. The molecule has 3 aromatic rings. The van der Waals surface area contributed by atoms with Crippen LogP contribution in [0.15, 0.2) is 78.9 Å². The third kappa shape index (κ3) is 6.41. The highest BCUT2D eigenvalue weighted by Crippen LogP contribution is 2.52. The van der Waals surface area contributed by atoms with Gasteiger partial charge in [0.05, 0.1) is 12.2 Å². The predicted octanol–water partition coefficient (Wildman–Crippen LogP) is 7.49. The number of ether oxygens (including phenoxy) is 1. The number of hydroxylamine groups is 1. The molecule has 0 saturated heterocycles. The number of aliphatic hydroxyl groups is 1. The van der Waals surface area contributed by atoms with Crippen molar-refractivity contribution in [1.82, 2.24) is 0 Å². The lowest BCUT2D eigenvalue weighted by Gasteiger charge is -2.30. The zero-order valence-corrected chi connectivity index (χ0v) is 18.8. The maximum atomic E-state index is 14.2. The largest absolute Gasteiger partial charge is 0.460 e. The summed E-state index contributed by atoms with van der Waals surface area (Å²) in [6.07, 6.45) is -14.8. The molecule has 0 aliphatic carbocycles. The molecule has 0 amide bonds. The van der Waals surface area contributed by atoms with Gasteiger partial charge in [-0.3, -0.25) is 0 Å². The van der Waals surface area contributed by atoms with E-state index in [-0.39, 0.29) is 23.6 Å². The molecule has 3 aromatic carbocycles. The zero-order valence-electron chi connectivity index (χ0n) is 18.8. The highest BCUT2D eigenvalue weighted by Gasteiger charge is 2.73. The summed E-state index contributed by atoms with van der Waals surface area (Å²) in [6, 6.07) is 15.1. The van der Waals surface area contributed by atoms with Gasteiger partial charge in [0.15, 0.2) is 11.9 Å². The Bertz CT molecular complexity index is 1220. The first-order valence-electron chi connectivity index (χ1n) is 10.5. The number of aliphatic hydroxyl groups excluding tert-OH is 1. The number of nitrogens with zero attached hydrogens (tertiary/aromatic N) is 1. The van der Waals surface area contributed by atoms with Crippen molar-refractivity contribution in [2.75, 3.05) is 11.6 Å². The van der Waals surface area contributed by atoms with E-state index in [1.807, 2.05) is 0 Å². The number of halogens is 10. The number of anilines is 1. The van der Waals surface area contributed by atoms with Crippen molar-refractivity contribution in [1.29, 1.82) is 0 Å². The van der Waals surface area contributed by atoms with E-state index < -0.39 is 48.2 Å². The van der Waals surface area contributed by atoms with Crippen molar-refractivity contribution < 1.29 is 58.6 Å². The molecule has 0 aliphatic rings. The van der Waals surface area contributed by atoms with Gasteiger partial charge in [0.25, 0.3) is 0 Å². The molecule has 3 rings (SSSR count). The Morgan fingerprint density at radius 2 is 1.26 bits per heavy atom. The van der Waals surface area contributed by atoms with E-state index in [1.165, 1.54) is 18.2 Å². The van der Waals surface area contributed by atoms with E-state index in [2.05, 4.69) is 0 Å². The quantitative estimate of drug-likeness (QED) is 0.219. The van der Waals surface area contributed by atoms with Gasteiger partial charge in [-0.1, -0.05) is 36.4 Å². The molecule has 0 fully saturated rings. The van der Waals surface area contributed by atoms with Crippen molar-refractivity contribution in [2.24, 2.45) is 0 Å². The topological polar surface area (TPSA) is 41.9 Å². The predicted molar refractivity (Wildman–Crippen MR) is 114 cm³/mol. The van der Waals surface area contributed by atoms with Crippen LogP contribution in [-0.4, -0.2) is 36.0 Å². The van der Waals surface area contributed by atoms with Gasteiger partial charge in [-0.15, -0.1) is 0 Å². The van der Waals surface area contributed by atoms with Gasteiger partial charge < -0.3 is 14.7 Å². The molecule has 0 saturated carbocycles. The molecule has 0 radical (unpaired) electrons. The summed E-state index contributed by atoms with van der Waals surface area (Å²) in [6.45, 7) is -1.34. The molecule has 0 aliphatic heterocycles. The van der Waals surface area contributed by atoms with E-state index in [4.69, 9.17) is 9.57 Å². The number of rotatable bonds is 9. The van der Waals surface area contributed by atoms with Crippen molar-refractivity contribution >= 4 is 5.69 Å². The van der Waals surface area contributed by atoms with Crippen LogP contribution >= 0.6 is 0 Å². The van der Waals surface area contributed by atoms with Gasteiger partial charge in [0.1, 0.15) is 11.5 Å². The number of hydrogen-bond donors (Lipinski definition) is 1. The van der Waals surface area contributed by atoms with Gasteiger partial charge in [0, 0.05) is 11.6 Å². The van der Waals surface area contributed by atoms with Crippen LogP contribution in [0, 0.1) is 0 Å². The maximum Gasteiger partial charge on any atom is 0.460 e. The minimum atomic E-state index is -6.60. The van der Waals surface area contributed by atoms with Gasteiger partial charge in [-0.25, -0.2) is 5.06 Å². The first-order chi connectivity index (χ1) is 17.5. The lowest BCUT2D eigenvalue weighted by molar-refractivity contribution is -0.359. The second-order valence-electron chi connectivity index (χ2n) is 7.80. The molecule has 1 N–H and O–H groups in total. The summed E-state index contributed by atoms with van der Waals surface area (Å²) in [4.78, 5) is 5.16. The average Bonchev–Trinajstić information content (AvgIpc) is 2.83. The summed E-state index contributed by atoms with van der Waals surface area (Å²) in [5.74, 6) is -12.6. The molecule has 0 spiro atoms. The average molecular weight is 557 g/mol. The fraction of sp³-hybridized carbons (Fsp3) is 0.250. The monoisotopic (exact) mass is 557 g/mol. The van der Waals surface area contributed by atoms with Crippen molar-refractivity contribution in [3.05, 3.63) is 84.4 Å². The standard InChI is InChI=1S/C24H17F10NO3/c25-21(26,23(30,31)24(32,33)34)15-6-4-11-19(12-15)38-35(14-20(36)22(27,28)29)16-7-5-10-18(13-16)37-17-8-2-1-3-9-17/h1-13,20,36H,14H2/t20-/m1/s1. The van der Waals surface area contributed by atoms with Crippen LogP contribution < -0.4 is 14.6 Å². The van der Waals surface area contributed by atoms with Crippen molar-refractivity contribution in [2.45, 2.75) is 30.3 Å². The minimum absolute atomic E-state index is 0.0777. The number of hydrogen-bond acceptors (Lipinski definition) is 4. The molecule has 0 heterocycles. The van der Waals surface area contributed by atoms with Crippen LogP contribution in [0.2, 0.25) is 0 Å². The smallest absolute Gasteiger partial charge is 0.457 e.